The first-order valence-corrected chi connectivity index (χ1v) is 20.5. The van der Waals surface area contributed by atoms with E-state index in [4.69, 9.17) is 13.3 Å². The zero-order chi connectivity index (χ0) is 32.7. The minimum atomic E-state index is -1.82. The Morgan fingerprint density at radius 1 is 0.512 bits per heavy atom. The van der Waals surface area contributed by atoms with Gasteiger partial charge in [-0.1, -0.05) is 86.4 Å². The van der Waals surface area contributed by atoms with Gasteiger partial charge in [-0.05, 0) is 114 Å². The normalized spacial score (nSPS) is 13.5. The van der Waals surface area contributed by atoms with Crippen molar-refractivity contribution in [2.75, 3.05) is 4.90 Å². The van der Waals surface area contributed by atoms with Gasteiger partial charge in [-0.15, -0.1) is 0 Å². The van der Waals surface area contributed by atoms with Crippen LogP contribution >= 0.6 is 14.5 Å². The van der Waals surface area contributed by atoms with Crippen molar-refractivity contribution in [3.8, 4) is 0 Å². The zero-order valence-electron chi connectivity index (χ0n) is 29.9. The average molecular weight is 618 g/mol. The molecule has 3 heteroatoms. The van der Waals surface area contributed by atoms with Gasteiger partial charge in [-0.2, -0.15) is 13.3 Å². The van der Waals surface area contributed by atoms with E-state index in [1.165, 1.54) is 38.8 Å². The van der Waals surface area contributed by atoms with Crippen LogP contribution in [0.15, 0.2) is 66.7 Å². The van der Waals surface area contributed by atoms with E-state index in [9.17, 15) is 0 Å². The van der Waals surface area contributed by atoms with Crippen LogP contribution in [0.4, 0.5) is 17.1 Å². The van der Waals surface area contributed by atoms with Crippen LogP contribution in [0.25, 0.3) is 0 Å². The lowest BCUT2D eigenvalue weighted by molar-refractivity contribution is 0.590. The Hall–Kier alpha value is -1.68. The summed E-state index contributed by atoms with van der Waals surface area (Å²) in [5, 5.41) is 2.86. The van der Waals surface area contributed by atoms with Gasteiger partial charge in [-0.25, -0.2) is 0 Å². The predicted octanol–water partition coefficient (Wildman–Crippen LogP) is 12.3. The second-order valence-corrected chi connectivity index (χ2v) is 24.6. The topological polar surface area (TPSA) is 3.24 Å². The molecule has 0 spiro atoms. The Bertz CT molecular complexity index is 1270. The quantitative estimate of drug-likeness (QED) is 0.171. The maximum absolute atomic E-state index is 5.15. The molecule has 0 fully saturated rings. The molecule has 0 aliphatic rings. The molecule has 0 amide bonds. The predicted molar refractivity (Wildman–Crippen MR) is 203 cm³/mol. The molecular weight excluding hydrogens is 556 g/mol. The number of rotatable bonds is 9. The fourth-order valence-corrected chi connectivity index (χ4v) is 12.9. The van der Waals surface area contributed by atoms with Crippen LogP contribution in [0.3, 0.4) is 0 Å². The maximum Gasteiger partial charge on any atom is 0.0892 e. The summed E-state index contributed by atoms with van der Waals surface area (Å²) in [5.74, 6) is 0. The monoisotopic (exact) mass is 617 g/mol. The standard InChI is InChI=1S/C40H61NP2/c1-28(2)42(15,29(3)4)37-26-32(39(9,10)11)22-24-35(37)41(34-20-18-17-19-21-34)36-25-23-33(40(12,13)14)27-38(36)43(16,30(5)6)31(7)8/h17-31H,15-16H2,1-14H3. The summed E-state index contributed by atoms with van der Waals surface area (Å²) in [6.45, 7) is 43.3. The van der Waals surface area contributed by atoms with Crippen LogP contribution in [0.2, 0.25) is 0 Å². The summed E-state index contributed by atoms with van der Waals surface area (Å²) in [5.41, 5.74) is 8.44. The lowest BCUT2D eigenvalue weighted by atomic mass is 9.86. The van der Waals surface area contributed by atoms with Crippen molar-refractivity contribution in [3.05, 3.63) is 91.2 Å². The van der Waals surface area contributed by atoms with Crippen molar-refractivity contribution in [2.45, 2.75) is 130 Å². The van der Waals surface area contributed by atoms with E-state index in [2.05, 4.69) is 169 Å². The SMILES string of the molecule is [CH2-][P+](c1cc(C(C)(C)C)ccc1N(c1ccccc1)c1ccc(C(C)(C)C)cc1[P+]([CH2-])(C(C)C)C(C)C)(C(C)C)C(C)C. The van der Waals surface area contributed by atoms with Gasteiger partial charge in [0.25, 0.3) is 0 Å². The van der Waals surface area contributed by atoms with Crippen LogP contribution < -0.4 is 15.5 Å². The number of anilines is 3. The van der Waals surface area contributed by atoms with Crippen molar-refractivity contribution in [1.29, 1.82) is 0 Å². The molecule has 0 aliphatic heterocycles. The van der Waals surface area contributed by atoms with Gasteiger partial charge >= 0.3 is 0 Å². The van der Waals surface area contributed by atoms with E-state index in [1.807, 2.05) is 0 Å². The molecule has 43 heavy (non-hydrogen) atoms. The van der Waals surface area contributed by atoms with E-state index < -0.39 is 14.5 Å². The highest BCUT2D eigenvalue weighted by atomic mass is 31.2. The smallest absolute Gasteiger partial charge is 0.0892 e. The highest BCUT2D eigenvalue weighted by Crippen LogP contribution is 2.68. The molecule has 0 saturated carbocycles. The summed E-state index contributed by atoms with van der Waals surface area (Å²) >= 11 is 0. The molecule has 0 heterocycles. The first kappa shape index (κ1) is 35.8. The fourth-order valence-electron chi connectivity index (χ4n) is 6.32. The number of hydrogen-bond donors (Lipinski definition) is 0. The maximum atomic E-state index is 5.15. The molecular formula is C40H61NP2. The van der Waals surface area contributed by atoms with Gasteiger partial charge in [0.05, 0.1) is 22.0 Å². The number of hydrogen-bond acceptors (Lipinski definition) is 1. The third-order valence-corrected chi connectivity index (χ3v) is 19.6. The van der Waals surface area contributed by atoms with Crippen molar-refractivity contribution >= 4 is 42.2 Å². The van der Waals surface area contributed by atoms with Crippen LogP contribution in [0.5, 0.6) is 0 Å². The fraction of sp³-hybridized carbons (Fsp3) is 0.500. The van der Waals surface area contributed by atoms with Crippen molar-refractivity contribution in [2.24, 2.45) is 0 Å². The van der Waals surface area contributed by atoms with E-state index in [1.54, 1.807) is 0 Å². The molecule has 0 unspecified atom stereocenters. The van der Waals surface area contributed by atoms with Crippen LogP contribution in [0.1, 0.15) is 108 Å². The van der Waals surface area contributed by atoms with Crippen LogP contribution in [-0.4, -0.2) is 22.6 Å². The Balaban J connectivity index is 2.60. The minimum absolute atomic E-state index is 0.0481. The summed E-state index contributed by atoms with van der Waals surface area (Å²) in [6.07, 6.45) is 0. The zero-order valence-corrected chi connectivity index (χ0v) is 31.7. The summed E-state index contributed by atoms with van der Waals surface area (Å²) in [4.78, 5) is 2.57. The second-order valence-electron chi connectivity index (χ2n) is 15.8. The average Bonchev–Trinajstić information content (AvgIpc) is 2.91. The highest BCUT2D eigenvalue weighted by molar-refractivity contribution is 7.85. The van der Waals surface area contributed by atoms with E-state index in [0.29, 0.717) is 22.6 Å². The van der Waals surface area contributed by atoms with Gasteiger partial charge in [0.2, 0.25) is 0 Å². The largest absolute Gasteiger partial charge is 0.303 e. The van der Waals surface area contributed by atoms with Gasteiger partial charge in [-0.3, -0.25) is 0 Å². The third kappa shape index (κ3) is 6.95. The Labute approximate surface area is 268 Å². The lowest BCUT2D eigenvalue weighted by Crippen LogP contribution is -2.33. The number of para-hydroxylation sites is 1. The Morgan fingerprint density at radius 3 is 1.12 bits per heavy atom. The molecule has 0 bridgehead atoms. The summed E-state index contributed by atoms with van der Waals surface area (Å²) in [6, 6.07) is 25.6. The van der Waals surface area contributed by atoms with Crippen molar-refractivity contribution < 1.29 is 0 Å². The van der Waals surface area contributed by atoms with Crippen LogP contribution in [0, 0.1) is 13.3 Å². The molecule has 0 atom stereocenters. The van der Waals surface area contributed by atoms with Gasteiger partial charge in [0.15, 0.2) is 0 Å². The number of benzene rings is 3. The third-order valence-electron chi connectivity index (χ3n) is 9.76. The lowest BCUT2D eigenvalue weighted by Gasteiger charge is -2.44. The second kappa shape index (κ2) is 13.0. The van der Waals surface area contributed by atoms with Crippen molar-refractivity contribution in [1.82, 2.24) is 0 Å². The molecule has 3 aromatic rings. The minimum Gasteiger partial charge on any atom is -0.303 e. The van der Waals surface area contributed by atoms with E-state index in [0.717, 1.165) is 0 Å². The molecule has 3 rings (SSSR count). The first-order valence-electron chi connectivity index (χ1n) is 16.3. The number of nitrogens with zero attached hydrogens (tertiary/aromatic N) is 1. The van der Waals surface area contributed by atoms with E-state index in [-0.39, 0.29) is 10.8 Å². The Morgan fingerprint density at radius 2 is 0.837 bits per heavy atom. The summed E-state index contributed by atoms with van der Waals surface area (Å²) in [7, 11) is -3.65. The van der Waals surface area contributed by atoms with Crippen molar-refractivity contribution in [3.63, 3.8) is 0 Å². The Kier molecular flexibility index (Phi) is 10.8. The van der Waals surface area contributed by atoms with E-state index >= 15 is 0 Å². The molecule has 0 radical (unpaired) electrons. The summed E-state index contributed by atoms with van der Waals surface area (Å²) < 4.78 is 0. The molecule has 1 nitrogen and oxygen atoms in total. The molecule has 0 N–H and O–H groups in total. The van der Waals surface area contributed by atoms with Gasteiger partial charge in [0, 0.05) is 28.3 Å². The van der Waals surface area contributed by atoms with Gasteiger partial charge < -0.3 is 4.90 Å². The molecule has 0 aliphatic carbocycles. The van der Waals surface area contributed by atoms with Crippen LogP contribution in [-0.2, 0) is 10.8 Å². The molecule has 3 aromatic carbocycles. The molecule has 0 aromatic heterocycles. The molecule has 236 valence electrons. The van der Waals surface area contributed by atoms with Gasteiger partial charge in [0.1, 0.15) is 0 Å². The molecule has 0 saturated heterocycles. The highest BCUT2D eigenvalue weighted by Gasteiger charge is 2.42. The first-order chi connectivity index (χ1) is 19.7.